The van der Waals surface area contributed by atoms with Crippen LogP contribution in [0.4, 0.5) is 0 Å². The normalized spacial score (nSPS) is 16.4. The molecule has 2 N–H and O–H groups in total. The molecule has 0 aromatic carbocycles. The quantitative estimate of drug-likeness (QED) is 0.311. The maximum absolute atomic E-state index is 12.2. The van der Waals surface area contributed by atoms with Crippen LogP contribution < -0.4 is 10.6 Å². The molecule has 25 heavy (non-hydrogen) atoms. The zero-order chi connectivity index (χ0) is 17.8. The highest BCUT2D eigenvalue weighted by molar-refractivity contribution is 14.0. The highest BCUT2D eigenvalue weighted by Crippen LogP contribution is 2.08. The molecule has 0 aliphatic carbocycles. The maximum atomic E-state index is 12.2. The van der Waals surface area contributed by atoms with Crippen molar-refractivity contribution in [2.45, 2.75) is 58.9 Å². The average Bonchev–Trinajstić information content (AvgIpc) is 2.62. The van der Waals surface area contributed by atoms with Crippen LogP contribution in [0.15, 0.2) is 4.99 Å². The first-order valence-corrected chi connectivity index (χ1v) is 9.58. The van der Waals surface area contributed by atoms with Crippen LogP contribution in [0.3, 0.4) is 0 Å². The number of nitrogens with zero attached hydrogens (tertiary/aromatic N) is 3. The van der Waals surface area contributed by atoms with Crippen LogP contribution in [-0.2, 0) is 4.79 Å². The van der Waals surface area contributed by atoms with Crippen LogP contribution >= 0.6 is 24.0 Å². The first-order chi connectivity index (χ1) is 11.6. The van der Waals surface area contributed by atoms with E-state index in [-0.39, 0.29) is 29.9 Å². The van der Waals surface area contributed by atoms with Gasteiger partial charge in [-0.3, -0.25) is 9.79 Å². The van der Waals surface area contributed by atoms with E-state index in [2.05, 4.69) is 41.3 Å². The Morgan fingerprint density at radius 2 is 1.84 bits per heavy atom. The molecule has 1 heterocycles. The zero-order valence-corrected chi connectivity index (χ0v) is 18.8. The molecule has 0 aromatic rings. The van der Waals surface area contributed by atoms with Gasteiger partial charge in [0.15, 0.2) is 5.96 Å². The van der Waals surface area contributed by atoms with Crippen molar-refractivity contribution in [1.82, 2.24) is 20.4 Å². The van der Waals surface area contributed by atoms with Crippen LogP contribution in [0.25, 0.3) is 0 Å². The Morgan fingerprint density at radius 1 is 1.20 bits per heavy atom. The van der Waals surface area contributed by atoms with Gasteiger partial charge in [-0.15, -0.1) is 24.0 Å². The van der Waals surface area contributed by atoms with Crippen molar-refractivity contribution in [3.05, 3.63) is 0 Å². The summed E-state index contributed by atoms with van der Waals surface area (Å²) in [6.45, 7) is 12.1. The van der Waals surface area contributed by atoms with Crippen molar-refractivity contribution in [3.63, 3.8) is 0 Å². The summed E-state index contributed by atoms with van der Waals surface area (Å²) >= 11 is 0. The summed E-state index contributed by atoms with van der Waals surface area (Å²) in [5.41, 5.74) is 0. The van der Waals surface area contributed by atoms with E-state index in [0.717, 1.165) is 57.9 Å². The molecule has 1 saturated heterocycles. The topological polar surface area (TPSA) is 60.0 Å². The van der Waals surface area contributed by atoms with Gasteiger partial charge >= 0.3 is 0 Å². The second-order valence-corrected chi connectivity index (χ2v) is 6.58. The number of piperidine rings is 1. The van der Waals surface area contributed by atoms with Crippen LogP contribution in [0, 0.1) is 0 Å². The number of amides is 1. The van der Waals surface area contributed by atoms with Gasteiger partial charge in [-0.1, -0.05) is 13.8 Å². The van der Waals surface area contributed by atoms with E-state index in [9.17, 15) is 4.79 Å². The standard InChI is InChI=1S/C18H37N5O.HI/c1-5-22(6-2)12-10-11-16(3)21-18(19-4)20-15-17(24)23-13-8-7-9-14-23;/h16H,5-15H2,1-4H3,(H2,19,20,21);1H. The fraction of sp³-hybridized carbons (Fsp3) is 0.889. The summed E-state index contributed by atoms with van der Waals surface area (Å²) in [4.78, 5) is 20.8. The Morgan fingerprint density at radius 3 is 2.40 bits per heavy atom. The zero-order valence-electron chi connectivity index (χ0n) is 16.5. The van der Waals surface area contributed by atoms with Crippen molar-refractivity contribution in [1.29, 1.82) is 0 Å². The SMILES string of the molecule is CCN(CC)CCCC(C)NC(=NC)NCC(=O)N1CCCCC1.I. The number of carbonyl (C=O) groups excluding carboxylic acids is 1. The lowest BCUT2D eigenvalue weighted by atomic mass is 10.1. The molecule has 1 atom stereocenters. The predicted octanol–water partition coefficient (Wildman–Crippen LogP) is 2.29. The van der Waals surface area contributed by atoms with E-state index in [4.69, 9.17) is 0 Å². The Labute approximate surface area is 171 Å². The third-order valence-electron chi connectivity index (χ3n) is 4.73. The van der Waals surface area contributed by atoms with Crippen molar-refractivity contribution in [3.8, 4) is 0 Å². The van der Waals surface area contributed by atoms with Gasteiger partial charge in [-0.05, 0) is 58.7 Å². The third-order valence-corrected chi connectivity index (χ3v) is 4.73. The van der Waals surface area contributed by atoms with Crippen molar-refractivity contribution < 1.29 is 4.79 Å². The van der Waals surface area contributed by atoms with Gasteiger partial charge in [0, 0.05) is 26.2 Å². The fourth-order valence-corrected chi connectivity index (χ4v) is 3.08. The largest absolute Gasteiger partial charge is 0.354 e. The minimum Gasteiger partial charge on any atom is -0.354 e. The van der Waals surface area contributed by atoms with Crippen LogP contribution in [-0.4, -0.2) is 74.0 Å². The maximum Gasteiger partial charge on any atom is 0.241 e. The van der Waals surface area contributed by atoms with Crippen molar-refractivity contribution in [2.24, 2.45) is 4.99 Å². The first kappa shape index (κ1) is 24.4. The molecule has 0 saturated carbocycles. The number of aliphatic imine (C=N–C) groups is 1. The van der Waals surface area contributed by atoms with Gasteiger partial charge in [0.05, 0.1) is 6.54 Å². The van der Waals surface area contributed by atoms with Crippen LogP contribution in [0.5, 0.6) is 0 Å². The second kappa shape index (κ2) is 14.6. The number of hydrogen-bond donors (Lipinski definition) is 2. The number of hydrogen-bond acceptors (Lipinski definition) is 3. The number of guanidine groups is 1. The highest BCUT2D eigenvalue weighted by Gasteiger charge is 2.16. The van der Waals surface area contributed by atoms with E-state index >= 15 is 0 Å². The number of carbonyl (C=O) groups is 1. The summed E-state index contributed by atoms with van der Waals surface area (Å²) < 4.78 is 0. The van der Waals surface area contributed by atoms with E-state index in [1.54, 1.807) is 7.05 Å². The molecular weight excluding hydrogens is 429 g/mol. The van der Waals surface area contributed by atoms with Crippen LogP contribution in [0.1, 0.15) is 52.9 Å². The Balaban J connectivity index is 0.00000576. The Kier molecular flexibility index (Phi) is 14.3. The minimum absolute atomic E-state index is 0. The minimum atomic E-state index is 0. The first-order valence-electron chi connectivity index (χ1n) is 9.58. The summed E-state index contributed by atoms with van der Waals surface area (Å²) in [5, 5.41) is 6.54. The summed E-state index contributed by atoms with van der Waals surface area (Å²) in [6.07, 6.45) is 5.76. The molecule has 7 heteroatoms. The van der Waals surface area contributed by atoms with Gasteiger partial charge in [-0.2, -0.15) is 0 Å². The monoisotopic (exact) mass is 467 g/mol. The van der Waals surface area contributed by atoms with E-state index < -0.39 is 0 Å². The molecule has 1 unspecified atom stereocenters. The molecule has 1 aliphatic rings. The molecule has 1 rings (SSSR count). The second-order valence-electron chi connectivity index (χ2n) is 6.58. The summed E-state index contributed by atoms with van der Waals surface area (Å²) in [7, 11) is 1.75. The molecule has 148 valence electrons. The van der Waals surface area contributed by atoms with Gasteiger partial charge in [0.25, 0.3) is 0 Å². The fourth-order valence-electron chi connectivity index (χ4n) is 3.08. The molecule has 0 radical (unpaired) electrons. The number of halogens is 1. The van der Waals surface area contributed by atoms with Gasteiger partial charge in [-0.25, -0.2) is 0 Å². The van der Waals surface area contributed by atoms with Gasteiger partial charge in [0.1, 0.15) is 0 Å². The Hall–Kier alpha value is -0.570. The third kappa shape index (κ3) is 10.2. The summed E-state index contributed by atoms with van der Waals surface area (Å²) in [6, 6.07) is 0.344. The number of likely N-dealkylation sites (tertiary alicyclic amines) is 1. The van der Waals surface area contributed by atoms with E-state index in [1.807, 2.05) is 4.90 Å². The molecule has 0 aromatic heterocycles. The molecule has 6 nitrogen and oxygen atoms in total. The predicted molar refractivity (Wildman–Crippen MR) is 117 cm³/mol. The lowest BCUT2D eigenvalue weighted by molar-refractivity contribution is -0.130. The highest BCUT2D eigenvalue weighted by atomic mass is 127. The van der Waals surface area contributed by atoms with E-state index in [1.165, 1.54) is 12.8 Å². The Bertz CT molecular complexity index is 382. The number of rotatable bonds is 9. The van der Waals surface area contributed by atoms with E-state index in [0.29, 0.717) is 12.6 Å². The average molecular weight is 467 g/mol. The van der Waals surface area contributed by atoms with Crippen molar-refractivity contribution >= 4 is 35.8 Å². The molecule has 0 spiro atoms. The van der Waals surface area contributed by atoms with Crippen LogP contribution in [0.2, 0.25) is 0 Å². The van der Waals surface area contributed by atoms with Gasteiger partial charge < -0.3 is 20.4 Å². The van der Waals surface area contributed by atoms with Crippen molar-refractivity contribution in [2.75, 3.05) is 46.3 Å². The molecule has 1 amide bonds. The lowest BCUT2D eigenvalue weighted by Gasteiger charge is -2.27. The smallest absolute Gasteiger partial charge is 0.241 e. The summed E-state index contributed by atoms with van der Waals surface area (Å²) in [5.74, 6) is 0.891. The lowest BCUT2D eigenvalue weighted by Crippen LogP contribution is -2.48. The molecular formula is C18H38IN5O. The van der Waals surface area contributed by atoms with Gasteiger partial charge in [0.2, 0.25) is 5.91 Å². The molecule has 1 aliphatic heterocycles. The number of nitrogens with one attached hydrogen (secondary N) is 2. The molecule has 1 fully saturated rings. The molecule has 0 bridgehead atoms.